The van der Waals surface area contributed by atoms with Gasteiger partial charge in [-0.05, 0) is 48.7 Å². The van der Waals surface area contributed by atoms with Crippen LogP contribution in [0.5, 0.6) is 0 Å². The largest absolute Gasteiger partial charge is 0.367 e. The minimum Gasteiger partial charge on any atom is -0.367 e. The molecule has 0 bridgehead atoms. The number of amides is 1. The van der Waals surface area contributed by atoms with Gasteiger partial charge in [-0.1, -0.05) is 12.8 Å². The predicted octanol–water partition coefficient (Wildman–Crippen LogP) is 3.37. The SMILES string of the molecule is CC1CN(C(=O)CCCCCCN)CC(c2ccsc2)O1.Cl. The Morgan fingerprint density at radius 2 is 2.14 bits per heavy atom. The smallest absolute Gasteiger partial charge is 0.222 e. The van der Waals surface area contributed by atoms with E-state index in [1.54, 1.807) is 11.3 Å². The summed E-state index contributed by atoms with van der Waals surface area (Å²) < 4.78 is 5.97. The zero-order chi connectivity index (χ0) is 15.1. The van der Waals surface area contributed by atoms with Crippen molar-refractivity contribution in [3.63, 3.8) is 0 Å². The van der Waals surface area contributed by atoms with Crippen molar-refractivity contribution >= 4 is 29.7 Å². The number of carbonyl (C=O) groups excluding carboxylic acids is 1. The fraction of sp³-hybridized carbons (Fsp3) is 0.688. The van der Waals surface area contributed by atoms with Gasteiger partial charge in [-0.25, -0.2) is 0 Å². The molecule has 6 heteroatoms. The maximum Gasteiger partial charge on any atom is 0.222 e. The predicted molar refractivity (Wildman–Crippen MR) is 93.6 cm³/mol. The van der Waals surface area contributed by atoms with Crippen LogP contribution in [0.2, 0.25) is 0 Å². The van der Waals surface area contributed by atoms with Gasteiger partial charge in [-0.15, -0.1) is 12.4 Å². The number of ether oxygens (including phenoxy) is 1. The Hall–Kier alpha value is -0.620. The van der Waals surface area contributed by atoms with Crippen molar-refractivity contribution in [2.45, 2.75) is 51.2 Å². The fourth-order valence-electron chi connectivity index (χ4n) is 2.73. The van der Waals surface area contributed by atoms with Crippen LogP contribution in [0.3, 0.4) is 0 Å². The Bertz CT molecular complexity index is 428. The molecular formula is C16H27ClN2O2S. The van der Waals surface area contributed by atoms with Gasteiger partial charge in [0.2, 0.25) is 5.91 Å². The molecule has 2 unspecified atom stereocenters. The van der Waals surface area contributed by atoms with E-state index in [0.717, 1.165) is 32.2 Å². The molecule has 0 spiro atoms. The van der Waals surface area contributed by atoms with Crippen molar-refractivity contribution in [1.29, 1.82) is 0 Å². The Balaban J connectivity index is 0.00000242. The summed E-state index contributed by atoms with van der Waals surface area (Å²) in [6, 6.07) is 2.09. The summed E-state index contributed by atoms with van der Waals surface area (Å²) in [5.74, 6) is 0.262. The van der Waals surface area contributed by atoms with Gasteiger partial charge in [-0.2, -0.15) is 11.3 Å². The van der Waals surface area contributed by atoms with Crippen molar-refractivity contribution in [2.24, 2.45) is 5.73 Å². The summed E-state index contributed by atoms with van der Waals surface area (Å²) in [6.45, 7) is 4.18. The van der Waals surface area contributed by atoms with Crippen molar-refractivity contribution in [3.05, 3.63) is 22.4 Å². The van der Waals surface area contributed by atoms with Crippen molar-refractivity contribution in [2.75, 3.05) is 19.6 Å². The quantitative estimate of drug-likeness (QED) is 0.770. The number of thiophene rings is 1. The molecule has 2 heterocycles. The lowest BCUT2D eigenvalue weighted by molar-refractivity contribution is -0.145. The number of nitrogens with zero attached hydrogens (tertiary/aromatic N) is 1. The first-order chi connectivity index (χ1) is 10.2. The van der Waals surface area contributed by atoms with E-state index < -0.39 is 0 Å². The summed E-state index contributed by atoms with van der Waals surface area (Å²) in [5.41, 5.74) is 6.66. The zero-order valence-corrected chi connectivity index (χ0v) is 14.8. The first-order valence-corrected chi connectivity index (χ1v) is 8.80. The lowest BCUT2D eigenvalue weighted by atomic mass is 10.1. The number of hydrogen-bond acceptors (Lipinski definition) is 4. The third-order valence-corrected chi connectivity index (χ3v) is 4.57. The van der Waals surface area contributed by atoms with Crippen LogP contribution in [0.1, 0.15) is 50.7 Å². The number of hydrogen-bond donors (Lipinski definition) is 1. The van der Waals surface area contributed by atoms with Crippen molar-refractivity contribution in [1.82, 2.24) is 4.90 Å². The maximum absolute atomic E-state index is 12.3. The third kappa shape index (κ3) is 5.88. The molecule has 0 aliphatic carbocycles. The zero-order valence-electron chi connectivity index (χ0n) is 13.2. The molecule has 2 rings (SSSR count). The van der Waals surface area contributed by atoms with Gasteiger partial charge in [0.1, 0.15) is 6.10 Å². The molecule has 1 fully saturated rings. The molecule has 4 nitrogen and oxygen atoms in total. The molecule has 126 valence electrons. The number of nitrogens with two attached hydrogens (primary N) is 1. The molecule has 0 saturated carbocycles. The lowest BCUT2D eigenvalue weighted by Gasteiger charge is -2.36. The van der Waals surface area contributed by atoms with Gasteiger partial charge >= 0.3 is 0 Å². The van der Waals surface area contributed by atoms with Crippen molar-refractivity contribution < 1.29 is 9.53 Å². The second-order valence-electron chi connectivity index (χ2n) is 5.74. The summed E-state index contributed by atoms with van der Waals surface area (Å²) >= 11 is 1.67. The monoisotopic (exact) mass is 346 g/mol. The first-order valence-electron chi connectivity index (χ1n) is 7.86. The van der Waals surface area contributed by atoms with E-state index in [-0.39, 0.29) is 30.5 Å². The minimum atomic E-state index is 0. The Labute approximate surface area is 143 Å². The number of unbranched alkanes of at least 4 members (excludes halogenated alkanes) is 3. The molecule has 2 atom stereocenters. The highest BCUT2D eigenvalue weighted by molar-refractivity contribution is 7.07. The number of halogens is 1. The van der Waals surface area contributed by atoms with E-state index in [1.807, 2.05) is 11.8 Å². The van der Waals surface area contributed by atoms with E-state index in [4.69, 9.17) is 10.5 Å². The molecule has 0 aromatic carbocycles. The Kier molecular flexibility index (Phi) is 9.02. The van der Waals surface area contributed by atoms with Gasteiger partial charge in [-0.3, -0.25) is 4.79 Å². The van der Waals surface area contributed by atoms with Gasteiger partial charge < -0.3 is 15.4 Å². The van der Waals surface area contributed by atoms with Crippen LogP contribution in [0, 0.1) is 0 Å². The molecule has 1 amide bonds. The molecule has 1 aromatic heterocycles. The Morgan fingerprint density at radius 3 is 2.82 bits per heavy atom. The number of carbonyl (C=O) groups is 1. The molecule has 1 aliphatic rings. The van der Waals surface area contributed by atoms with E-state index in [2.05, 4.69) is 16.8 Å². The van der Waals surface area contributed by atoms with E-state index in [0.29, 0.717) is 19.5 Å². The highest BCUT2D eigenvalue weighted by Crippen LogP contribution is 2.27. The second-order valence-corrected chi connectivity index (χ2v) is 6.52. The standard InChI is InChI=1S/C16H26N2O2S.ClH/c1-13-10-18(16(19)6-4-2-3-5-8-17)11-15(20-13)14-7-9-21-12-14;/h7,9,12-13,15H,2-6,8,10-11,17H2,1H3;1H. The second kappa shape index (κ2) is 10.2. The fourth-order valence-corrected chi connectivity index (χ4v) is 3.43. The van der Waals surface area contributed by atoms with Crippen LogP contribution >= 0.6 is 23.7 Å². The normalized spacial score (nSPS) is 21.5. The number of morpholine rings is 1. The van der Waals surface area contributed by atoms with Crippen LogP contribution in [-0.4, -0.2) is 36.5 Å². The average molecular weight is 347 g/mol. The minimum absolute atomic E-state index is 0. The molecular weight excluding hydrogens is 320 g/mol. The van der Waals surface area contributed by atoms with Gasteiger partial charge in [0.15, 0.2) is 0 Å². The number of rotatable bonds is 7. The van der Waals surface area contributed by atoms with Gasteiger partial charge in [0.05, 0.1) is 12.6 Å². The molecule has 0 radical (unpaired) electrons. The molecule has 2 N–H and O–H groups in total. The highest BCUT2D eigenvalue weighted by Gasteiger charge is 2.29. The van der Waals surface area contributed by atoms with Crippen LogP contribution < -0.4 is 5.73 Å². The van der Waals surface area contributed by atoms with Gasteiger partial charge in [0, 0.05) is 13.0 Å². The van der Waals surface area contributed by atoms with E-state index >= 15 is 0 Å². The molecule has 1 saturated heterocycles. The van der Waals surface area contributed by atoms with Crippen molar-refractivity contribution in [3.8, 4) is 0 Å². The Morgan fingerprint density at radius 1 is 1.36 bits per heavy atom. The summed E-state index contributed by atoms with van der Waals surface area (Å²) in [6.07, 6.45) is 5.02. The summed E-state index contributed by atoms with van der Waals surface area (Å²) in [4.78, 5) is 14.3. The van der Waals surface area contributed by atoms with E-state index in [1.165, 1.54) is 5.56 Å². The molecule has 1 aromatic rings. The molecule has 22 heavy (non-hydrogen) atoms. The highest BCUT2D eigenvalue weighted by atomic mass is 35.5. The van der Waals surface area contributed by atoms with Gasteiger partial charge in [0.25, 0.3) is 0 Å². The van der Waals surface area contributed by atoms with Crippen LogP contribution in [0.25, 0.3) is 0 Å². The van der Waals surface area contributed by atoms with Crippen LogP contribution in [0.15, 0.2) is 16.8 Å². The average Bonchev–Trinajstić information content (AvgIpc) is 3.00. The summed E-state index contributed by atoms with van der Waals surface area (Å²) in [7, 11) is 0. The lowest BCUT2D eigenvalue weighted by Crippen LogP contribution is -2.45. The molecule has 1 aliphatic heterocycles. The third-order valence-electron chi connectivity index (χ3n) is 3.87. The first kappa shape index (κ1) is 19.4. The summed E-state index contributed by atoms with van der Waals surface area (Å²) in [5, 5.41) is 4.17. The maximum atomic E-state index is 12.3. The van der Waals surface area contributed by atoms with Crippen LogP contribution in [0.4, 0.5) is 0 Å². The van der Waals surface area contributed by atoms with Crippen LogP contribution in [-0.2, 0) is 9.53 Å². The topological polar surface area (TPSA) is 55.6 Å². The van der Waals surface area contributed by atoms with E-state index in [9.17, 15) is 4.79 Å².